The summed E-state index contributed by atoms with van der Waals surface area (Å²) in [4.78, 5) is 18.2. The van der Waals surface area contributed by atoms with Crippen molar-refractivity contribution >= 4 is 11.9 Å². The van der Waals surface area contributed by atoms with Crippen LogP contribution in [0.5, 0.6) is 5.75 Å². The molecule has 0 saturated carbocycles. The third kappa shape index (κ3) is 2.19. The van der Waals surface area contributed by atoms with Gasteiger partial charge in [0.25, 0.3) is 0 Å². The first-order valence-corrected chi connectivity index (χ1v) is 3.36. The summed E-state index contributed by atoms with van der Waals surface area (Å²) in [5.41, 5.74) is 0. The van der Waals surface area contributed by atoms with Gasteiger partial charge in [-0.05, 0) is 0 Å². The molecule has 1 amide bonds. The molecule has 0 aliphatic heterocycles. The molecule has 0 aliphatic rings. The predicted molar refractivity (Wildman–Crippen MR) is 42.9 cm³/mol. The maximum atomic E-state index is 10.5. The van der Waals surface area contributed by atoms with Gasteiger partial charge in [-0.1, -0.05) is 0 Å². The molecule has 5 heteroatoms. The number of methoxy groups -OCH3 is 1. The Balaban J connectivity index is 2.71. The fraction of sp³-hybridized carbons (Fsp3) is 0.286. The van der Waals surface area contributed by atoms with Crippen molar-refractivity contribution in [2.75, 3.05) is 12.4 Å². The second-order valence-electron chi connectivity index (χ2n) is 2.13. The molecule has 0 radical (unpaired) electrons. The number of amides is 1. The Hall–Kier alpha value is -1.65. The van der Waals surface area contributed by atoms with E-state index in [2.05, 4.69) is 15.3 Å². The van der Waals surface area contributed by atoms with Gasteiger partial charge in [0.1, 0.15) is 0 Å². The molecule has 0 saturated heterocycles. The lowest BCUT2D eigenvalue weighted by atomic mass is 10.6. The molecule has 0 aliphatic carbocycles. The molecule has 0 spiro atoms. The highest BCUT2D eigenvalue weighted by atomic mass is 16.5. The number of anilines is 1. The molecule has 1 N–H and O–H groups in total. The van der Waals surface area contributed by atoms with Crippen molar-refractivity contribution in [3.8, 4) is 5.75 Å². The number of aromatic nitrogens is 2. The maximum absolute atomic E-state index is 10.5. The highest BCUT2D eigenvalue weighted by Gasteiger charge is 1.97. The summed E-state index contributed by atoms with van der Waals surface area (Å²) >= 11 is 0. The SMILES string of the molecule is COc1cnc(NC(C)=O)nc1. The van der Waals surface area contributed by atoms with Crippen molar-refractivity contribution in [1.82, 2.24) is 9.97 Å². The van der Waals surface area contributed by atoms with Gasteiger partial charge in [-0.15, -0.1) is 0 Å². The van der Waals surface area contributed by atoms with E-state index in [9.17, 15) is 4.79 Å². The van der Waals surface area contributed by atoms with Crippen LogP contribution in [-0.4, -0.2) is 23.0 Å². The summed E-state index contributed by atoms with van der Waals surface area (Å²) in [6.07, 6.45) is 2.97. The highest BCUT2D eigenvalue weighted by Crippen LogP contribution is 2.06. The van der Waals surface area contributed by atoms with Crippen molar-refractivity contribution in [3.63, 3.8) is 0 Å². The number of nitrogens with one attached hydrogen (secondary N) is 1. The maximum Gasteiger partial charge on any atom is 0.229 e. The van der Waals surface area contributed by atoms with Gasteiger partial charge in [-0.2, -0.15) is 0 Å². The van der Waals surface area contributed by atoms with Crippen LogP contribution < -0.4 is 10.1 Å². The molecule has 0 fully saturated rings. The minimum absolute atomic E-state index is 0.194. The number of ether oxygens (including phenoxy) is 1. The van der Waals surface area contributed by atoms with Gasteiger partial charge >= 0.3 is 0 Å². The molecule has 0 atom stereocenters. The normalized spacial score (nSPS) is 9.17. The third-order valence-electron chi connectivity index (χ3n) is 1.15. The van der Waals surface area contributed by atoms with Crippen molar-refractivity contribution in [1.29, 1.82) is 0 Å². The zero-order valence-corrected chi connectivity index (χ0v) is 6.87. The van der Waals surface area contributed by atoms with E-state index in [0.29, 0.717) is 5.75 Å². The molecule has 0 bridgehead atoms. The number of hydrogen-bond acceptors (Lipinski definition) is 4. The first-order valence-electron chi connectivity index (χ1n) is 3.36. The molecule has 1 rings (SSSR count). The second kappa shape index (κ2) is 3.66. The van der Waals surface area contributed by atoms with Crippen molar-refractivity contribution in [2.24, 2.45) is 0 Å². The lowest BCUT2D eigenvalue weighted by molar-refractivity contribution is -0.114. The third-order valence-corrected chi connectivity index (χ3v) is 1.15. The van der Waals surface area contributed by atoms with E-state index in [-0.39, 0.29) is 11.9 Å². The predicted octanol–water partition coefficient (Wildman–Crippen LogP) is 0.444. The fourth-order valence-corrected chi connectivity index (χ4v) is 0.644. The smallest absolute Gasteiger partial charge is 0.229 e. The van der Waals surface area contributed by atoms with Crippen LogP contribution in [-0.2, 0) is 4.79 Å². The van der Waals surface area contributed by atoms with Gasteiger partial charge in [-0.25, -0.2) is 9.97 Å². The highest BCUT2D eigenvalue weighted by molar-refractivity contribution is 5.86. The monoisotopic (exact) mass is 167 g/mol. The van der Waals surface area contributed by atoms with Crippen molar-refractivity contribution < 1.29 is 9.53 Å². The van der Waals surface area contributed by atoms with Gasteiger partial charge in [0.2, 0.25) is 11.9 Å². The summed E-state index contributed by atoms with van der Waals surface area (Å²) in [5, 5.41) is 2.44. The molecule has 5 nitrogen and oxygen atoms in total. The molecule has 0 unspecified atom stereocenters. The number of rotatable bonds is 2. The number of carbonyl (C=O) groups is 1. The second-order valence-corrected chi connectivity index (χ2v) is 2.13. The molecular weight excluding hydrogens is 158 g/mol. The first kappa shape index (κ1) is 8.45. The van der Waals surface area contributed by atoms with Gasteiger partial charge in [-0.3, -0.25) is 10.1 Å². The average molecular weight is 167 g/mol. The molecule has 1 heterocycles. The standard InChI is InChI=1S/C7H9N3O2/c1-5(11)10-7-8-3-6(12-2)4-9-7/h3-4H,1-2H3,(H,8,9,10,11). The Kier molecular flexibility index (Phi) is 2.57. The molecule has 64 valence electrons. The van der Waals surface area contributed by atoms with E-state index in [1.54, 1.807) is 0 Å². The van der Waals surface area contributed by atoms with Crippen LogP contribution in [0.2, 0.25) is 0 Å². The van der Waals surface area contributed by atoms with Crippen molar-refractivity contribution in [3.05, 3.63) is 12.4 Å². The lowest BCUT2D eigenvalue weighted by Crippen LogP contribution is -2.08. The van der Waals surface area contributed by atoms with E-state index in [1.807, 2.05) is 0 Å². The summed E-state index contributed by atoms with van der Waals surface area (Å²) in [6, 6.07) is 0. The minimum Gasteiger partial charge on any atom is -0.494 e. The average Bonchev–Trinajstić information content (AvgIpc) is 2.05. The van der Waals surface area contributed by atoms with Crippen LogP contribution >= 0.6 is 0 Å². The van der Waals surface area contributed by atoms with Gasteiger partial charge in [0, 0.05) is 6.92 Å². The Morgan fingerprint density at radius 1 is 1.50 bits per heavy atom. The zero-order valence-electron chi connectivity index (χ0n) is 6.87. The van der Waals surface area contributed by atoms with E-state index < -0.39 is 0 Å². The van der Waals surface area contributed by atoms with Crippen LogP contribution in [0.4, 0.5) is 5.95 Å². The molecular formula is C7H9N3O2. The first-order chi connectivity index (χ1) is 5.72. The van der Waals surface area contributed by atoms with Crippen molar-refractivity contribution in [2.45, 2.75) is 6.92 Å². The molecule has 0 aromatic carbocycles. The van der Waals surface area contributed by atoms with Crippen LogP contribution in [0, 0.1) is 0 Å². The summed E-state index contributed by atoms with van der Waals surface area (Å²) in [5.74, 6) is 0.646. The van der Waals surface area contributed by atoms with Crippen LogP contribution in [0.3, 0.4) is 0 Å². The summed E-state index contributed by atoms with van der Waals surface area (Å²) in [7, 11) is 1.52. The molecule has 1 aromatic heterocycles. The van der Waals surface area contributed by atoms with Crippen LogP contribution in [0.25, 0.3) is 0 Å². The minimum atomic E-state index is -0.194. The van der Waals surface area contributed by atoms with Crippen LogP contribution in [0.1, 0.15) is 6.92 Å². The number of carbonyl (C=O) groups excluding carboxylic acids is 1. The van der Waals surface area contributed by atoms with Crippen LogP contribution in [0.15, 0.2) is 12.4 Å². The zero-order chi connectivity index (χ0) is 8.97. The van der Waals surface area contributed by atoms with E-state index >= 15 is 0 Å². The molecule has 12 heavy (non-hydrogen) atoms. The quantitative estimate of drug-likeness (QED) is 0.694. The summed E-state index contributed by atoms with van der Waals surface area (Å²) in [6.45, 7) is 1.40. The van der Waals surface area contributed by atoms with E-state index in [0.717, 1.165) is 0 Å². The fourth-order valence-electron chi connectivity index (χ4n) is 0.644. The lowest BCUT2D eigenvalue weighted by Gasteiger charge is -2.00. The number of hydrogen-bond donors (Lipinski definition) is 1. The number of nitrogens with zero attached hydrogens (tertiary/aromatic N) is 2. The Labute approximate surface area is 69.8 Å². The van der Waals surface area contributed by atoms with Gasteiger partial charge < -0.3 is 4.74 Å². The van der Waals surface area contributed by atoms with Gasteiger partial charge in [0.05, 0.1) is 19.5 Å². The topological polar surface area (TPSA) is 64.1 Å². The Morgan fingerprint density at radius 3 is 2.50 bits per heavy atom. The van der Waals surface area contributed by atoms with Gasteiger partial charge in [0.15, 0.2) is 5.75 Å². The van der Waals surface area contributed by atoms with E-state index in [4.69, 9.17) is 4.74 Å². The molecule has 1 aromatic rings. The largest absolute Gasteiger partial charge is 0.494 e. The van der Waals surface area contributed by atoms with E-state index in [1.165, 1.54) is 26.4 Å². The summed E-state index contributed by atoms with van der Waals surface area (Å²) < 4.78 is 4.84. The Bertz CT molecular complexity index is 270. The Morgan fingerprint density at radius 2 is 2.08 bits per heavy atom.